The lowest BCUT2D eigenvalue weighted by molar-refractivity contribution is 0.482. The third-order valence-electron chi connectivity index (χ3n) is 2.87. The molecular weight excluding hydrogens is 284 g/mol. The Labute approximate surface area is 129 Å². The van der Waals surface area contributed by atoms with Crippen LogP contribution >= 0.6 is 11.8 Å². The van der Waals surface area contributed by atoms with Gasteiger partial charge in [0.15, 0.2) is 0 Å². The first-order valence-corrected chi connectivity index (χ1v) is 8.24. The van der Waals surface area contributed by atoms with Crippen LogP contribution in [-0.4, -0.2) is 44.0 Å². The van der Waals surface area contributed by atoms with Crippen LogP contribution in [0, 0.1) is 5.92 Å². The normalized spacial score (nSPS) is 11.2. The van der Waals surface area contributed by atoms with Crippen LogP contribution in [0.15, 0.2) is 29.6 Å². The van der Waals surface area contributed by atoms with Gasteiger partial charge in [0.1, 0.15) is 0 Å². The molecule has 0 aliphatic carbocycles. The maximum Gasteiger partial charge on any atom is 0.209 e. The monoisotopic (exact) mass is 306 g/mol. The summed E-state index contributed by atoms with van der Waals surface area (Å²) in [6.45, 7) is 7.10. The van der Waals surface area contributed by atoms with E-state index in [-0.39, 0.29) is 0 Å². The summed E-state index contributed by atoms with van der Waals surface area (Å²) in [6.07, 6.45) is 2.74. The molecule has 0 atom stereocenters. The molecule has 0 saturated heterocycles. The molecule has 0 spiro atoms. The number of aromatic nitrogens is 5. The van der Waals surface area contributed by atoms with Gasteiger partial charge >= 0.3 is 0 Å². The SMILES string of the molecule is CC(C)CNCCn1nnnc1SCCc1ccccn1. The van der Waals surface area contributed by atoms with Gasteiger partial charge in [0.05, 0.1) is 6.54 Å². The number of hydrogen-bond donors (Lipinski definition) is 1. The van der Waals surface area contributed by atoms with Gasteiger partial charge in [-0.3, -0.25) is 4.98 Å². The second-order valence-corrected chi connectivity index (χ2v) is 6.26. The van der Waals surface area contributed by atoms with Crippen molar-refractivity contribution in [2.45, 2.75) is 32.0 Å². The number of tetrazole rings is 1. The first kappa shape index (κ1) is 15.9. The molecule has 0 aliphatic heterocycles. The van der Waals surface area contributed by atoms with Crippen molar-refractivity contribution in [3.63, 3.8) is 0 Å². The Bertz CT molecular complexity index is 513. The van der Waals surface area contributed by atoms with Gasteiger partial charge in [0.25, 0.3) is 0 Å². The van der Waals surface area contributed by atoms with E-state index in [0.717, 1.165) is 42.7 Å². The van der Waals surface area contributed by atoms with Crippen molar-refractivity contribution in [2.24, 2.45) is 5.92 Å². The number of hydrogen-bond acceptors (Lipinski definition) is 6. The molecule has 114 valence electrons. The highest BCUT2D eigenvalue weighted by Gasteiger charge is 2.06. The van der Waals surface area contributed by atoms with Crippen LogP contribution in [0.2, 0.25) is 0 Å². The van der Waals surface area contributed by atoms with Crippen LogP contribution in [0.5, 0.6) is 0 Å². The Hall–Kier alpha value is -1.47. The summed E-state index contributed by atoms with van der Waals surface area (Å²) in [5, 5.41) is 16.1. The van der Waals surface area contributed by atoms with E-state index >= 15 is 0 Å². The molecule has 6 nitrogen and oxygen atoms in total. The summed E-state index contributed by atoms with van der Waals surface area (Å²) in [6, 6.07) is 5.98. The highest BCUT2D eigenvalue weighted by atomic mass is 32.2. The lowest BCUT2D eigenvalue weighted by Crippen LogP contribution is -2.24. The van der Waals surface area contributed by atoms with Gasteiger partial charge in [-0.2, -0.15) is 0 Å². The minimum atomic E-state index is 0.658. The van der Waals surface area contributed by atoms with Gasteiger partial charge in [-0.15, -0.1) is 5.10 Å². The topological polar surface area (TPSA) is 68.5 Å². The van der Waals surface area contributed by atoms with Crippen molar-refractivity contribution >= 4 is 11.8 Å². The van der Waals surface area contributed by atoms with Crippen molar-refractivity contribution in [2.75, 3.05) is 18.8 Å². The predicted molar refractivity (Wildman–Crippen MR) is 84.2 cm³/mol. The fraction of sp³-hybridized carbons (Fsp3) is 0.571. The van der Waals surface area contributed by atoms with Crippen LogP contribution in [0.1, 0.15) is 19.5 Å². The molecule has 2 aromatic heterocycles. The van der Waals surface area contributed by atoms with Gasteiger partial charge < -0.3 is 5.32 Å². The number of nitrogens with one attached hydrogen (secondary N) is 1. The Morgan fingerprint density at radius 2 is 2.24 bits per heavy atom. The number of nitrogens with zero attached hydrogens (tertiary/aromatic N) is 5. The zero-order valence-corrected chi connectivity index (χ0v) is 13.4. The van der Waals surface area contributed by atoms with E-state index in [0.29, 0.717) is 5.92 Å². The molecule has 2 rings (SSSR count). The smallest absolute Gasteiger partial charge is 0.209 e. The first-order chi connectivity index (χ1) is 10.3. The highest BCUT2D eigenvalue weighted by molar-refractivity contribution is 7.99. The second kappa shape index (κ2) is 8.74. The van der Waals surface area contributed by atoms with Crippen LogP contribution in [0.3, 0.4) is 0 Å². The van der Waals surface area contributed by atoms with Crippen molar-refractivity contribution < 1.29 is 0 Å². The van der Waals surface area contributed by atoms with Gasteiger partial charge in [0.2, 0.25) is 5.16 Å². The number of thioether (sulfide) groups is 1. The van der Waals surface area contributed by atoms with Gasteiger partial charge in [0, 0.05) is 24.2 Å². The van der Waals surface area contributed by atoms with Crippen molar-refractivity contribution in [1.82, 2.24) is 30.5 Å². The third kappa shape index (κ3) is 5.81. The van der Waals surface area contributed by atoms with E-state index in [4.69, 9.17) is 0 Å². The van der Waals surface area contributed by atoms with E-state index in [2.05, 4.69) is 39.7 Å². The lowest BCUT2D eigenvalue weighted by atomic mass is 10.2. The van der Waals surface area contributed by atoms with Crippen LogP contribution in [-0.2, 0) is 13.0 Å². The standard InChI is InChI=1S/C14H22N6S/c1-12(2)11-15-8-9-20-14(17-18-19-20)21-10-6-13-5-3-4-7-16-13/h3-5,7,12,15H,6,8-11H2,1-2H3. The quantitative estimate of drug-likeness (QED) is 0.561. The van der Waals surface area contributed by atoms with Gasteiger partial charge in [-0.1, -0.05) is 31.7 Å². The summed E-state index contributed by atoms with van der Waals surface area (Å²) >= 11 is 1.67. The summed E-state index contributed by atoms with van der Waals surface area (Å²) in [5.74, 6) is 1.59. The number of rotatable bonds is 9. The van der Waals surface area contributed by atoms with Crippen molar-refractivity contribution in [3.8, 4) is 0 Å². The summed E-state index contributed by atoms with van der Waals surface area (Å²) < 4.78 is 1.86. The van der Waals surface area contributed by atoms with Crippen molar-refractivity contribution in [3.05, 3.63) is 30.1 Å². The van der Waals surface area contributed by atoms with E-state index in [9.17, 15) is 0 Å². The fourth-order valence-corrected chi connectivity index (χ4v) is 2.67. The number of aryl methyl sites for hydroxylation is 1. The fourth-order valence-electron chi connectivity index (χ4n) is 1.81. The Morgan fingerprint density at radius 1 is 1.33 bits per heavy atom. The Balaban J connectivity index is 1.72. The van der Waals surface area contributed by atoms with Crippen LogP contribution in [0.4, 0.5) is 0 Å². The molecule has 0 fully saturated rings. The van der Waals surface area contributed by atoms with Crippen molar-refractivity contribution in [1.29, 1.82) is 0 Å². The molecule has 0 aromatic carbocycles. The molecule has 0 aliphatic rings. The molecule has 7 heteroatoms. The number of pyridine rings is 1. The maximum atomic E-state index is 4.32. The van der Waals surface area contributed by atoms with E-state index in [1.807, 2.05) is 29.1 Å². The second-order valence-electron chi connectivity index (χ2n) is 5.20. The van der Waals surface area contributed by atoms with E-state index in [1.165, 1.54) is 0 Å². The molecule has 1 N–H and O–H groups in total. The molecule has 0 bridgehead atoms. The largest absolute Gasteiger partial charge is 0.315 e. The van der Waals surface area contributed by atoms with Gasteiger partial charge in [-0.25, -0.2) is 4.68 Å². The Morgan fingerprint density at radius 3 is 3.00 bits per heavy atom. The molecule has 2 heterocycles. The highest BCUT2D eigenvalue weighted by Crippen LogP contribution is 2.14. The third-order valence-corrected chi connectivity index (χ3v) is 3.83. The minimum Gasteiger partial charge on any atom is -0.315 e. The molecule has 0 amide bonds. The maximum absolute atomic E-state index is 4.32. The first-order valence-electron chi connectivity index (χ1n) is 7.25. The summed E-state index contributed by atoms with van der Waals surface area (Å²) in [4.78, 5) is 4.32. The molecule has 0 unspecified atom stereocenters. The van der Waals surface area contributed by atoms with Crippen LogP contribution in [0.25, 0.3) is 0 Å². The summed E-state index contributed by atoms with van der Waals surface area (Å²) in [7, 11) is 0. The molecular formula is C14H22N6S. The van der Waals surface area contributed by atoms with Gasteiger partial charge in [-0.05, 0) is 41.4 Å². The molecule has 21 heavy (non-hydrogen) atoms. The minimum absolute atomic E-state index is 0.658. The zero-order chi connectivity index (χ0) is 14.9. The van der Waals surface area contributed by atoms with E-state index in [1.54, 1.807) is 11.8 Å². The van der Waals surface area contributed by atoms with Crippen LogP contribution < -0.4 is 5.32 Å². The zero-order valence-electron chi connectivity index (χ0n) is 12.6. The molecule has 0 saturated carbocycles. The lowest BCUT2D eigenvalue weighted by Gasteiger charge is -2.08. The average molecular weight is 306 g/mol. The van der Waals surface area contributed by atoms with E-state index < -0.39 is 0 Å². The molecule has 0 radical (unpaired) electrons. The molecule has 2 aromatic rings. The average Bonchev–Trinajstić information content (AvgIpc) is 2.92. The predicted octanol–water partition coefficient (Wildman–Crippen LogP) is 1.65. The summed E-state index contributed by atoms with van der Waals surface area (Å²) in [5.41, 5.74) is 1.10. The Kier molecular flexibility index (Phi) is 6.62.